The van der Waals surface area contributed by atoms with Crippen LogP contribution in [0.3, 0.4) is 0 Å². The van der Waals surface area contributed by atoms with Crippen LogP contribution in [0, 0.1) is 5.92 Å². The number of alkyl carbamates (subject to hydrolysis) is 1. The first kappa shape index (κ1) is 23.0. The van der Waals surface area contributed by atoms with E-state index in [0.717, 1.165) is 17.1 Å². The molecule has 2 rings (SSSR count). The van der Waals surface area contributed by atoms with Crippen molar-refractivity contribution in [3.63, 3.8) is 0 Å². The highest BCUT2D eigenvalue weighted by atomic mass is 16.7. The van der Waals surface area contributed by atoms with Crippen LogP contribution in [0.4, 0.5) is 4.79 Å². The lowest BCUT2D eigenvalue weighted by molar-refractivity contribution is -0.116. The van der Waals surface area contributed by atoms with E-state index in [2.05, 4.69) is 19.2 Å². The first-order valence-electron chi connectivity index (χ1n) is 9.93. The summed E-state index contributed by atoms with van der Waals surface area (Å²) in [7, 11) is 0. The SMILES string of the molecule is CC(C)[C@@H](c1ccc2c(c1)OCO2)[C@H](C)OC[C@](C)(C=O)NC(=O)OC(C)(C)C. The van der Waals surface area contributed by atoms with Crippen molar-refractivity contribution in [1.82, 2.24) is 5.32 Å². The van der Waals surface area contributed by atoms with Crippen molar-refractivity contribution in [3.05, 3.63) is 23.8 Å². The van der Waals surface area contributed by atoms with Crippen molar-refractivity contribution in [2.75, 3.05) is 13.4 Å². The van der Waals surface area contributed by atoms with Gasteiger partial charge in [-0.1, -0.05) is 19.9 Å². The Morgan fingerprint density at radius 2 is 1.83 bits per heavy atom. The molecule has 1 aliphatic rings. The van der Waals surface area contributed by atoms with Gasteiger partial charge in [0.25, 0.3) is 0 Å². The summed E-state index contributed by atoms with van der Waals surface area (Å²) in [6.07, 6.45) is -0.177. The Balaban J connectivity index is 2.06. The van der Waals surface area contributed by atoms with E-state index in [1.54, 1.807) is 27.7 Å². The fourth-order valence-electron chi connectivity index (χ4n) is 3.36. The smallest absolute Gasteiger partial charge is 0.408 e. The minimum absolute atomic E-state index is 0.0324. The third-order valence-electron chi connectivity index (χ3n) is 4.70. The van der Waals surface area contributed by atoms with Crippen molar-refractivity contribution in [1.29, 1.82) is 0 Å². The Kier molecular flexibility index (Phi) is 7.16. The number of fused-ring (bicyclic) bond motifs is 1. The van der Waals surface area contributed by atoms with Crippen LogP contribution in [0.2, 0.25) is 0 Å². The minimum Gasteiger partial charge on any atom is -0.454 e. The highest BCUT2D eigenvalue weighted by Crippen LogP contribution is 2.38. The van der Waals surface area contributed by atoms with Gasteiger partial charge in [0.05, 0.1) is 12.7 Å². The van der Waals surface area contributed by atoms with Crippen LogP contribution >= 0.6 is 0 Å². The second-order valence-corrected chi connectivity index (χ2v) is 9.06. The lowest BCUT2D eigenvalue weighted by Crippen LogP contribution is -2.53. The molecule has 0 aromatic heterocycles. The van der Waals surface area contributed by atoms with Crippen molar-refractivity contribution in [2.24, 2.45) is 5.92 Å². The highest BCUT2D eigenvalue weighted by molar-refractivity contribution is 5.76. The molecule has 3 atom stereocenters. The van der Waals surface area contributed by atoms with Gasteiger partial charge in [0.2, 0.25) is 6.79 Å². The van der Waals surface area contributed by atoms with Gasteiger partial charge in [-0.05, 0) is 58.2 Å². The Morgan fingerprint density at radius 3 is 2.41 bits per heavy atom. The normalized spacial score (nSPS) is 17.4. The Bertz CT molecular complexity index is 727. The minimum atomic E-state index is -1.19. The molecule has 0 aliphatic carbocycles. The molecule has 1 amide bonds. The Hall–Kier alpha value is -2.28. The van der Waals surface area contributed by atoms with Gasteiger partial charge in [-0.2, -0.15) is 0 Å². The summed E-state index contributed by atoms with van der Waals surface area (Å²) in [5.41, 5.74) is -0.762. The average molecular weight is 408 g/mol. The molecule has 1 aromatic rings. The maximum absolute atomic E-state index is 12.1. The van der Waals surface area contributed by atoms with Gasteiger partial charge >= 0.3 is 6.09 Å². The average Bonchev–Trinajstić information content (AvgIpc) is 3.06. The van der Waals surface area contributed by atoms with Gasteiger partial charge in [0.15, 0.2) is 11.5 Å². The predicted octanol–water partition coefficient (Wildman–Crippen LogP) is 4.04. The topological polar surface area (TPSA) is 83.1 Å². The fourth-order valence-corrected chi connectivity index (χ4v) is 3.36. The molecule has 0 fully saturated rings. The number of nitrogens with one attached hydrogen (secondary N) is 1. The Labute approximate surface area is 173 Å². The van der Waals surface area contributed by atoms with E-state index in [0.29, 0.717) is 6.29 Å². The third kappa shape index (κ3) is 6.35. The summed E-state index contributed by atoms with van der Waals surface area (Å²) in [4.78, 5) is 23.7. The van der Waals surface area contributed by atoms with Crippen LogP contribution < -0.4 is 14.8 Å². The molecule has 1 aromatic carbocycles. The molecule has 0 bridgehead atoms. The van der Waals surface area contributed by atoms with Crippen LogP contribution in [0.25, 0.3) is 0 Å². The molecule has 7 nitrogen and oxygen atoms in total. The highest BCUT2D eigenvalue weighted by Gasteiger charge is 2.32. The molecule has 162 valence electrons. The van der Waals surface area contributed by atoms with Crippen molar-refractivity contribution >= 4 is 12.4 Å². The quantitative estimate of drug-likeness (QED) is 0.655. The summed E-state index contributed by atoms with van der Waals surface area (Å²) in [6.45, 7) is 13.4. The number of rotatable bonds is 8. The molecular formula is C22H33NO6. The second kappa shape index (κ2) is 9.03. The van der Waals surface area contributed by atoms with E-state index in [4.69, 9.17) is 18.9 Å². The maximum Gasteiger partial charge on any atom is 0.408 e. The fraction of sp³-hybridized carbons (Fsp3) is 0.636. The van der Waals surface area contributed by atoms with E-state index < -0.39 is 17.2 Å². The summed E-state index contributed by atoms with van der Waals surface area (Å²) in [6, 6.07) is 5.89. The summed E-state index contributed by atoms with van der Waals surface area (Å²) < 4.78 is 22.2. The lowest BCUT2D eigenvalue weighted by Gasteiger charge is -2.32. The van der Waals surface area contributed by atoms with Gasteiger partial charge in [-0.25, -0.2) is 4.79 Å². The van der Waals surface area contributed by atoms with E-state index in [1.807, 2.05) is 25.1 Å². The number of carbonyl (C=O) groups excluding carboxylic acids is 2. The molecule has 29 heavy (non-hydrogen) atoms. The summed E-state index contributed by atoms with van der Waals surface area (Å²) in [5, 5.41) is 2.61. The molecule has 0 saturated heterocycles. The van der Waals surface area contributed by atoms with Crippen LogP contribution in [0.15, 0.2) is 18.2 Å². The van der Waals surface area contributed by atoms with Crippen molar-refractivity contribution in [2.45, 2.75) is 71.6 Å². The molecular weight excluding hydrogens is 374 g/mol. The number of carbonyl (C=O) groups is 2. The molecule has 1 aliphatic heterocycles. The molecule has 1 heterocycles. The molecule has 1 N–H and O–H groups in total. The molecule has 0 spiro atoms. The predicted molar refractivity (Wildman–Crippen MR) is 109 cm³/mol. The number of benzene rings is 1. The number of hydrogen-bond donors (Lipinski definition) is 1. The largest absolute Gasteiger partial charge is 0.454 e. The second-order valence-electron chi connectivity index (χ2n) is 9.06. The van der Waals surface area contributed by atoms with Crippen LogP contribution in [-0.2, 0) is 14.3 Å². The van der Waals surface area contributed by atoms with E-state index in [-0.39, 0.29) is 31.3 Å². The number of amides is 1. The monoisotopic (exact) mass is 407 g/mol. The summed E-state index contributed by atoms with van der Waals surface area (Å²) >= 11 is 0. The molecule has 0 saturated carbocycles. The van der Waals surface area contributed by atoms with Crippen LogP contribution in [0.5, 0.6) is 11.5 Å². The van der Waals surface area contributed by atoms with E-state index in [9.17, 15) is 9.59 Å². The maximum atomic E-state index is 12.1. The van der Waals surface area contributed by atoms with Gasteiger partial charge < -0.3 is 29.1 Å². The number of ether oxygens (including phenoxy) is 4. The zero-order valence-electron chi connectivity index (χ0n) is 18.4. The summed E-state index contributed by atoms with van der Waals surface area (Å²) in [5.74, 6) is 1.82. The van der Waals surface area contributed by atoms with Gasteiger partial charge in [-0.3, -0.25) is 0 Å². The van der Waals surface area contributed by atoms with E-state index >= 15 is 0 Å². The molecule has 0 unspecified atom stereocenters. The zero-order chi connectivity index (χ0) is 21.8. The first-order chi connectivity index (χ1) is 13.4. The standard InChI is InChI=1S/C22H33NO6/c1-14(2)19(16-8-9-17-18(10-16)28-13-27-17)15(3)26-12-22(7,11-24)23-20(25)29-21(4,5)6/h8-11,14-15,19H,12-13H2,1-7H3,(H,23,25)/t15-,19+,22-/m0/s1. The van der Waals surface area contributed by atoms with Crippen molar-refractivity contribution < 1.29 is 28.5 Å². The van der Waals surface area contributed by atoms with Gasteiger partial charge in [0.1, 0.15) is 17.4 Å². The number of aldehydes is 1. The van der Waals surface area contributed by atoms with Crippen molar-refractivity contribution in [3.8, 4) is 11.5 Å². The Morgan fingerprint density at radius 1 is 1.17 bits per heavy atom. The van der Waals surface area contributed by atoms with Crippen LogP contribution in [0.1, 0.15) is 59.9 Å². The van der Waals surface area contributed by atoms with E-state index in [1.165, 1.54) is 0 Å². The lowest BCUT2D eigenvalue weighted by atomic mass is 9.84. The zero-order valence-corrected chi connectivity index (χ0v) is 18.4. The van der Waals surface area contributed by atoms with Gasteiger partial charge in [-0.15, -0.1) is 0 Å². The van der Waals surface area contributed by atoms with Crippen LogP contribution in [-0.4, -0.2) is 43.0 Å². The number of hydrogen-bond acceptors (Lipinski definition) is 6. The first-order valence-corrected chi connectivity index (χ1v) is 9.93. The van der Waals surface area contributed by atoms with Gasteiger partial charge in [0, 0.05) is 5.92 Å². The molecule has 7 heteroatoms. The molecule has 0 radical (unpaired) electrons. The third-order valence-corrected chi connectivity index (χ3v) is 4.70.